The molecule has 0 N–H and O–H groups in total. The van der Waals surface area contributed by atoms with Crippen molar-refractivity contribution in [3.05, 3.63) is 35.9 Å². The van der Waals surface area contributed by atoms with Crippen molar-refractivity contribution in [2.75, 3.05) is 11.5 Å². The molecular weight excluding hydrogens is 361 g/mol. The fourth-order valence-corrected chi connectivity index (χ4v) is 4.30. The van der Waals surface area contributed by atoms with Gasteiger partial charge in [-0.15, -0.1) is 0 Å². The van der Waals surface area contributed by atoms with Gasteiger partial charge in [0.25, 0.3) is 0 Å². The topological polar surface area (TPSA) is 57.2 Å². The van der Waals surface area contributed by atoms with Crippen LogP contribution in [0.25, 0.3) is 0 Å². The Morgan fingerprint density at radius 1 is 1.00 bits per heavy atom. The fourth-order valence-electron chi connectivity index (χ4n) is 1.75. The molecule has 140 valence electrons. The van der Waals surface area contributed by atoms with Gasteiger partial charge in [-0.2, -0.15) is 13.2 Å². The largest absolute Gasteiger partial charge is 0.741 e. The van der Waals surface area contributed by atoms with E-state index in [1.165, 1.54) is 48.5 Å². The first kappa shape index (κ1) is 23.3. The van der Waals surface area contributed by atoms with Crippen molar-refractivity contribution in [2.24, 2.45) is 0 Å². The number of alkyl halides is 3. The van der Waals surface area contributed by atoms with E-state index in [2.05, 4.69) is 44.2 Å². The van der Waals surface area contributed by atoms with E-state index in [9.17, 15) is 13.2 Å². The van der Waals surface area contributed by atoms with Crippen molar-refractivity contribution >= 4 is 21.0 Å². The van der Waals surface area contributed by atoms with Crippen LogP contribution in [0.2, 0.25) is 0 Å². The molecule has 0 heterocycles. The summed E-state index contributed by atoms with van der Waals surface area (Å²) < 4.78 is 58.9. The van der Waals surface area contributed by atoms with Crippen LogP contribution in [0.15, 0.2) is 30.3 Å². The monoisotopic (exact) mass is 386 g/mol. The van der Waals surface area contributed by atoms with Gasteiger partial charge in [0.1, 0.15) is 17.3 Å². The molecular formula is C16H25F3O3S2. The summed E-state index contributed by atoms with van der Waals surface area (Å²) in [4.78, 5) is 0. The molecule has 0 aromatic heterocycles. The second-order valence-corrected chi connectivity index (χ2v) is 8.96. The van der Waals surface area contributed by atoms with Gasteiger partial charge < -0.3 is 4.55 Å². The lowest BCUT2D eigenvalue weighted by atomic mass is 10.2. The van der Waals surface area contributed by atoms with Gasteiger partial charge in [0, 0.05) is 5.56 Å². The number of hydrogen-bond donors (Lipinski definition) is 0. The third-order valence-electron chi connectivity index (χ3n) is 3.07. The normalized spacial score (nSPS) is 12.0. The highest BCUT2D eigenvalue weighted by Crippen LogP contribution is 2.20. The quantitative estimate of drug-likeness (QED) is 0.377. The van der Waals surface area contributed by atoms with E-state index in [-0.39, 0.29) is 0 Å². The highest BCUT2D eigenvalue weighted by molar-refractivity contribution is 7.96. The average Bonchev–Trinajstić information content (AvgIpc) is 2.49. The van der Waals surface area contributed by atoms with Crippen LogP contribution in [0.3, 0.4) is 0 Å². The average molecular weight is 387 g/mol. The number of rotatable bonds is 8. The van der Waals surface area contributed by atoms with Crippen molar-refractivity contribution in [3.63, 3.8) is 0 Å². The van der Waals surface area contributed by atoms with Crippen molar-refractivity contribution in [3.8, 4) is 0 Å². The Hall–Kier alpha value is -0.730. The number of halogens is 3. The van der Waals surface area contributed by atoms with Crippen LogP contribution in [-0.4, -0.2) is 30.0 Å². The molecule has 0 fully saturated rings. The third kappa shape index (κ3) is 10.9. The molecule has 1 rings (SSSR count). The van der Waals surface area contributed by atoms with Crippen LogP contribution in [0.1, 0.15) is 45.1 Å². The van der Waals surface area contributed by atoms with Crippen LogP contribution in [-0.2, 0) is 26.8 Å². The molecule has 0 aliphatic rings. The van der Waals surface area contributed by atoms with Crippen molar-refractivity contribution in [1.29, 1.82) is 0 Å². The summed E-state index contributed by atoms with van der Waals surface area (Å²) in [5.41, 5.74) is -4.12. The van der Waals surface area contributed by atoms with E-state index in [4.69, 9.17) is 13.0 Å². The number of benzene rings is 1. The molecule has 1 aromatic rings. The van der Waals surface area contributed by atoms with Crippen LogP contribution in [0, 0.1) is 0 Å². The molecule has 1 aromatic carbocycles. The van der Waals surface area contributed by atoms with Gasteiger partial charge in [-0.05, 0) is 23.7 Å². The van der Waals surface area contributed by atoms with Gasteiger partial charge in [-0.1, -0.05) is 57.0 Å². The fraction of sp³-hybridized carbons (Fsp3) is 0.625. The van der Waals surface area contributed by atoms with Gasteiger partial charge >= 0.3 is 5.51 Å². The second-order valence-electron chi connectivity index (χ2n) is 5.26. The molecule has 8 heteroatoms. The molecule has 0 radical (unpaired) electrons. The van der Waals surface area contributed by atoms with Crippen molar-refractivity contribution in [2.45, 2.75) is 50.8 Å². The maximum atomic E-state index is 10.7. The molecule has 0 saturated carbocycles. The smallest absolute Gasteiger partial charge is 0.485 e. The minimum atomic E-state index is -6.09. The van der Waals surface area contributed by atoms with E-state index >= 15 is 0 Å². The third-order valence-corrected chi connectivity index (χ3v) is 6.11. The van der Waals surface area contributed by atoms with Crippen LogP contribution in [0.5, 0.6) is 0 Å². The highest BCUT2D eigenvalue weighted by atomic mass is 32.2. The maximum Gasteiger partial charge on any atom is 0.485 e. The van der Waals surface area contributed by atoms with E-state index < -0.39 is 15.6 Å². The lowest BCUT2D eigenvalue weighted by Crippen LogP contribution is -2.21. The minimum Gasteiger partial charge on any atom is -0.741 e. The summed E-state index contributed by atoms with van der Waals surface area (Å²) in [5.74, 6) is 4.18. The summed E-state index contributed by atoms with van der Waals surface area (Å²) in [6.07, 6.45) is 5.48. The van der Waals surface area contributed by atoms with Crippen LogP contribution in [0.4, 0.5) is 13.2 Å². The predicted molar refractivity (Wildman–Crippen MR) is 92.8 cm³/mol. The SMILES string of the molecule is CCCC[S+](CCCC)Cc1ccccc1.O=S(=O)([O-])C(F)(F)F. The van der Waals surface area contributed by atoms with Crippen molar-refractivity contribution < 1.29 is 26.1 Å². The van der Waals surface area contributed by atoms with E-state index in [0.29, 0.717) is 10.9 Å². The van der Waals surface area contributed by atoms with E-state index in [1.807, 2.05) is 0 Å². The first-order chi connectivity index (χ1) is 11.1. The molecule has 3 nitrogen and oxygen atoms in total. The molecule has 0 aliphatic heterocycles. The lowest BCUT2D eigenvalue weighted by Gasteiger charge is -2.08. The van der Waals surface area contributed by atoms with Gasteiger partial charge in [0.05, 0.1) is 0 Å². The summed E-state index contributed by atoms with van der Waals surface area (Å²) in [6.45, 7) is 4.59. The Kier molecular flexibility index (Phi) is 11.4. The summed E-state index contributed by atoms with van der Waals surface area (Å²) in [7, 11) is -5.47. The van der Waals surface area contributed by atoms with Gasteiger partial charge in [-0.3, -0.25) is 0 Å². The Bertz CT molecular complexity index is 523. The lowest BCUT2D eigenvalue weighted by molar-refractivity contribution is -0.0517. The first-order valence-electron chi connectivity index (χ1n) is 7.82. The Balaban J connectivity index is 0.000000561. The van der Waals surface area contributed by atoms with Gasteiger partial charge in [0.15, 0.2) is 10.1 Å². The molecule has 0 saturated heterocycles. The summed E-state index contributed by atoms with van der Waals surface area (Å²) >= 11 is 0. The molecule has 0 unspecified atom stereocenters. The molecule has 0 spiro atoms. The van der Waals surface area contributed by atoms with Crippen LogP contribution >= 0.6 is 0 Å². The Morgan fingerprint density at radius 3 is 1.75 bits per heavy atom. The highest BCUT2D eigenvalue weighted by Gasteiger charge is 2.36. The van der Waals surface area contributed by atoms with E-state index in [1.54, 1.807) is 0 Å². The molecule has 0 aliphatic carbocycles. The second kappa shape index (κ2) is 11.8. The molecule has 0 amide bonds. The zero-order chi connectivity index (χ0) is 18.6. The number of unbranched alkanes of at least 4 members (excludes halogenated alkanes) is 2. The minimum absolute atomic E-state index is 0.625. The summed E-state index contributed by atoms with van der Waals surface area (Å²) in [6, 6.07) is 11.0. The zero-order valence-corrected chi connectivity index (χ0v) is 15.6. The van der Waals surface area contributed by atoms with Gasteiger partial charge in [-0.25, -0.2) is 8.42 Å². The van der Waals surface area contributed by atoms with Crippen molar-refractivity contribution in [1.82, 2.24) is 0 Å². The standard InChI is InChI=1S/C15H25S.CHF3O3S/c1-3-5-12-16(13-6-4-2)14-15-10-8-7-9-11-15;2-1(3,4)8(5,6)7/h7-11H,3-6,12-14H2,1-2H3;(H,5,6,7)/q+1;/p-1. The summed E-state index contributed by atoms with van der Waals surface area (Å²) in [5, 5.41) is 0. The molecule has 0 atom stereocenters. The van der Waals surface area contributed by atoms with Gasteiger partial charge in [0.2, 0.25) is 0 Å². The van der Waals surface area contributed by atoms with Crippen LogP contribution < -0.4 is 0 Å². The first-order valence-corrected chi connectivity index (χ1v) is 11.0. The Morgan fingerprint density at radius 2 is 1.42 bits per heavy atom. The number of hydrogen-bond acceptors (Lipinski definition) is 3. The Labute approximate surface area is 145 Å². The molecule has 0 bridgehead atoms. The zero-order valence-electron chi connectivity index (χ0n) is 14.0. The maximum absolute atomic E-state index is 10.7. The van der Waals surface area contributed by atoms with E-state index in [0.717, 1.165) is 0 Å². The predicted octanol–water partition coefficient (Wildman–Crippen LogP) is 4.46. The molecule has 24 heavy (non-hydrogen) atoms.